The normalized spacial score (nSPS) is 17.3. The zero-order valence-corrected chi connectivity index (χ0v) is 11.8. The van der Waals surface area contributed by atoms with Crippen molar-refractivity contribution in [3.05, 3.63) is 11.6 Å². The maximum absolute atomic E-state index is 11.7. The van der Waals surface area contributed by atoms with Crippen LogP contribution in [-0.4, -0.2) is 31.9 Å². The minimum atomic E-state index is -0.973. The Morgan fingerprint density at radius 1 is 1.47 bits per heavy atom. The molecular weight excluding hydrogens is 244 g/mol. The predicted octanol–water partition coefficient (Wildman–Crippen LogP) is 0.716. The van der Waals surface area contributed by atoms with Gasteiger partial charge in [0.25, 0.3) is 0 Å². The van der Waals surface area contributed by atoms with E-state index in [0.29, 0.717) is 12.5 Å². The highest BCUT2D eigenvalue weighted by Gasteiger charge is 2.25. The van der Waals surface area contributed by atoms with Gasteiger partial charge >= 0.3 is 0 Å². The lowest BCUT2D eigenvalue weighted by molar-refractivity contribution is -0.131. The van der Waals surface area contributed by atoms with E-state index < -0.39 is 6.10 Å². The van der Waals surface area contributed by atoms with Gasteiger partial charge in [-0.15, -0.1) is 10.2 Å². The van der Waals surface area contributed by atoms with E-state index >= 15 is 0 Å². The van der Waals surface area contributed by atoms with Crippen molar-refractivity contribution in [2.45, 2.75) is 51.7 Å². The number of aliphatic hydroxyl groups excluding tert-OH is 1. The summed E-state index contributed by atoms with van der Waals surface area (Å²) in [6.45, 7) is 3.92. The lowest BCUT2D eigenvalue weighted by Gasteiger charge is -2.24. The van der Waals surface area contributed by atoms with Crippen LogP contribution in [0.3, 0.4) is 0 Å². The van der Waals surface area contributed by atoms with Crippen molar-refractivity contribution in [3.63, 3.8) is 0 Å². The summed E-state index contributed by atoms with van der Waals surface area (Å²) in [5, 5.41) is 20.6. The molecule has 6 nitrogen and oxygen atoms in total. The molecule has 1 aromatic heterocycles. The Morgan fingerprint density at radius 3 is 2.68 bits per heavy atom. The quantitative estimate of drug-likeness (QED) is 0.823. The van der Waals surface area contributed by atoms with Crippen LogP contribution in [0.25, 0.3) is 0 Å². The fourth-order valence-electron chi connectivity index (χ4n) is 2.12. The first-order valence-corrected chi connectivity index (χ1v) is 6.84. The number of carbonyl (C=O) groups excluding carboxylic acids is 1. The molecule has 0 aliphatic heterocycles. The van der Waals surface area contributed by atoms with Gasteiger partial charge in [-0.05, 0) is 18.8 Å². The second-order valence-electron chi connectivity index (χ2n) is 5.57. The molecule has 1 aromatic rings. The van der Waals surface area contributed by atoms with Gasteiger partial charge in [0.15, 0.2) is 5.82 Å². The van der Waals surface area contributed by atoms with E-state index in [1.807, 2.05) is 11.6 Å². The summed E-state index contributed by atoms with van der Waals surface area (Å²) in [6, 6.07) is 0. The van der Waals surface area contributed by atoms with Crippen LogP contribution in [0, 0.1) is 5.92 Å². The smallest absolute Gasteiger partial charge is 0.249 e. The first-order chi connectivity index (χ1) is 9.00. The second-order valence-corrected chi connectivity index (χ2v) is 5.57. The molecule has 6 heteroatoms. The van der Waals surface area contributed by atoms with Crippen molar-refractivity contribution in [2.75, 3.05) is 0 Å². The van der Waals surface area contributed by atoms with E-state index in [4.69, 9.17) is 0 Å². The van der Waals surface area contributed by atoms with Crippen LogP contribution in [-0.2, 0) is 18.4 Å². The van der Waals surface area contributed by atoms with Gasteiger partial charge in [0.2, 0.25) is 5.91 Å². The van der Waals surface area contributed by atoms with E-state index in [-0.39, 0.29) is 11.8 Å². The highest BCUT2D eigenvalue weighted by atomic mass is 16.3. The van der Waals surface area contributed by atoms with Crippen LogP contribution in [0.4, 0.5) is 0 Å². The van der Waals surface area contributed by atoms with Crippen LogP contribution >= 0.6 is 0 Å². The van der Waals surface area contributed by atoms with E-state index in [2.05, 4.69) is 15.5 Å². The van der Waals surface area contributed by atoms with E-state index in [0.717, 1.165) is 11.6 Å². The molecule has 1 fully saturated rings. The van der Waals surface area contributed by atoms with Crippen LogP contribution < -0.4 is 5.32 Å². The van der Waals surface area contributed by atoms with Crippen LogP contribution in [0.1, 0.15) is 50.7 Å². The van der Waals surface area contributed by atoms with Crippen LogP contribution in [0.2, 0.25) is 0 Å². The fourth-order valence-corrected chi connectivity index (χ4v) is 2.12. The summed E-state index contributed by atoms with van der Waals surface area (Å²) in [5.41, 5.74) is 0. The molecule has 1 heterocycles. The third-order valence-electron chi connectivity index (χ3n) is 3.79. The van der Waals surface area contributed by atoms with Gasteiger partial charge in [0.1, 0.15) is 11.9 Å². The Morgan fingerprint density at radius 2 is 2.16 bits per heavy atom. The molecule has 0 bridgehead atoms. The van der Waals surface area contributed by atoms with E-state index in [9.17, 15) is 9.90 Å². The molecule has 1 aliphatic carbocycles. The molecule has 1 saturated carbocycles. The van der Waals surface area contributed by atoms with Crippen molar-refractivity contribution in [1.82, 2.24) is 20.1 Å². The van der Waals surface area contributed by atoms with Gasteiger partial charge < -0.3 is 15.0 Å². The van der Waals surface area contributed by atoms with Crippen molar-refractivity contribution < 1.29 is 9.90 Å². The summed E-state index contributed by atoms with van der Waals surface area (Å²) in [6.07, 6.45) is 2.62. The number of hydrogen-bond donors (Lipinski definition) is 2. The van der Waals surface area contributed by atoms with E-state index in [1.54, 1.807) is 13.8 Å². The summed E-state index contributed by atoms with van der Waals surface area (Å²) >= 11 is 0. The van der Waals surface area contributed by atoms with E-state index in [1.165, 1.54) is 19.3 Å². The molecule has 0 unspecified atom stereocenters. The van der Waals surface area contributed by atoms with Crippen molar-refractivity contribution >= 4 is 5.91 Å². The zero-order chi connectivity index (χ0) is 14.0. The van der Waals surface area contributed by atoms with Gasteiger partial charge in [-0.1, -0.05) is 20.3 Å². The van der Waals surface area contributed by atoms with Crippen molar-refractivity contribution in [2.24, 2.45) is 13.0 Å². The van der Waals surface area contributed by atoms with Gasteiger partial charge in [0.05, 0.1) is 6.54 Å². The van der Waals surface area contributed by atoms with Gasteiger partial charge in [-0.3, -0.25) is 4.79 Å². The molecule has 2 N–H and O–H groups in total. The Kier molecular flexibility index (Phi) is 4.19. The summed E-state index contributed by atoms with van der Waals surface area (Å²) < 4.78 is 1.95. The number of carbonyl (C=O) groups is 1. The largest absolute Gasteiger partial charge is 0.383 e. The number of hydrogen-bond acceptors (Lipinski definition) is 4. The molecule has 0 radical (unpaired) electrons. The standard InChI is InChI=1S/C13H22N4O2/c1-8(2)11(18)13(19)14-7-10-15-16-12(17(10)3)9-5-4-6-9/h8-9,11,18H,4-7H2,1-3H3,(H,14,19)/t11-/m0/s1. The molecule has 2 rings (SSSR count). The molecular formula is C13H22N4O2. The Balaban J connectivity index is 1.93. The third-order valence-corrected chi connectivity index (χ3v) is 3.79. The van der Waals surface area contributed by atoms with Gasteiger partial charge in [0, 0.05) is 13.0 Å². The lowest BCUT2D eigenvalue weighted by Crippen LogP contribution is -2.37. The monoisotopic (exact) mass is 266 g/mol. The Bertz CT molecular complexity index is 451. The average Bonchev–Trinajstić information content (AvgIpc) is 2.65. The SMILES string of the molecule is CC(C)[C@H](O)C(=O)NCc1nnc(C2CCC2)n1C. The number of aromatic nitrogens is 3. The maximum atomic E-state index is 11.7. The number of rotatable bonds is 5. The number of nitrogens with zero attached hydrogens (tertiary/aromatic N) is 3. The number of amides is 1. The third kappa shape index (κ3) is 2.94. The summed E-state index contributed by atoms with van der Waals surface area (Å²) in [7, 11) is 1.92. The van der Waals surface area contributed by atoms with Gasteiger partial charge in [-0.25, -0.2) is 0 Å². The molecule has 0 saturated heterocycles. The molecule has 106 valence electrons. The maximum Gasteiger partial charge on any atom is 0.249 e. The average molecular weight is 266 g/mol. The van der Waals surface area contributed by atoms with Crippen LogP contribution in [0.5, 0.6) is 0 Å². The number of nitrogens with one attached hydrogen (secondary N) is 1. The molecule has 0 aromatic carbocycles. The second kappa shape index (κ2) is 5.69. The predicted molar refractivity (Wildman–Crippen MR) is 70.3 cm³/mol. The molecule has 19 heavy (non-hydrogen) atoms. The molecule has 1 aliphatic rings. The Hall–Kier alpha value is -1.43. The summed E-state index contributed by atoms with van der Waals surface area (Å²) in [5.74, 6) is 1.79. The number of aliphatic hydroxyl groups is 1. The first kappa shape index (κ1) is 14.0. The van der Waals surface area contributed by atoms with Crippen LogP contribution in [0.15, 0.2) is 0 Å². The zero-order valence-electron chi connectivity index (χ0n) is 11.8. The minimum absolute atomic E-state index is 0.0926. The van der Waals surface area contributed by atoms with Crippen molar-refractivity contribution in [3.8, 4) is 0 Å². The lowest BCUT2D eigenvalue weighted by atomic mass is 9.85. The molecule has 1 amide bonds. The highest BCUT2D eigenvalue weighted by Crippen LogP contribution is 2.34. The highest BCUT2D eigenvalue weighted by molar-refractivity contribution is 5.80. The molecule has 1 atom stereocenters. The first-order valence-electron chi connectivity index (χ1n) is 6.84. The minimum Gasteiger partial charge on any atom is -0.383 e. The molecule has 0 spiro atoms. The van der Waals surface area contributed by atoms with Crippen molar-refractivity contribution in [1.29, 1.82) is 0 Å². The Labute approximate surface area is 113 Å². The van der Waals surface area contributed by atoms with Gasteiger partial charge in [-0.2, -0.15) is 0 Å². The summed E-state index contributed by atoms with van der Waals surface area (Å²) in [4.78, 5) is 11.7. The topological polar surface area (TPSA) is 80.0 Å². The fraction of sp³-hybridized carbons (Fsp3) is 0.769.